The van der Waals surface area contributed by atoms with Crippen LogP contribution in [0.3, 0.4) is 0 Å². The third kappa shape index (κ3) is 6.18. The van der Waals surface area contributed by atoms with E-state index < -0.39 is 12.4 Å². The molecule has 88 valence electrons. The van der Waals surface area contributed by atoms with Gasteiger partial charge in [-0.25, -0.2) is 0 Å². The summed E-state index contributed by atoms with van der Waals surface area (Å²) in [4.78, 5) is 1.62. The van der Waals surface area contributed by atoms with Crippen molar-refractivity contribution in [3.05, 3.63) is 12.1 Å². The van der Waals surface area contributed by atoms with Crippen LogP contribution in [0.5, 0.6) is 0 Å². The second-order valence-corrected chi connectivity index (χ2v) is 4.06. The average molecular weight is 261 g/mol. The molecular formula is C9H16BF3KNO. The molecule has 1 fully saturated rings. The van der Waals surface area contributed by atoms with Crippen LogP contribution in [0, 0.1) is 0 Å². The van der Waals surface area contributed by atoms with Gasteiger partial charge in [-0.2, -0.15) is 0 Å². The fraction of sp³-hybridized carbons (Fsp3) is 0.778. The quantitative estimate of drug-likeness (QED) is 0.591. The maximum absolute atomic E-state index is 12.2. The third-order valence-corrected chi connectivity index (χ3v) is 2.48. The molecule has 1 heterocycles. The zero-order valence-corrected chi connectivity index (χ0v) is 13.0. The van der Waals surface area contributed by atoms with E-state index >= 15 is 0 Å². The van der Waals surface area contributed by atoms with Gasteiger partial charge in [-0.15, -0.1) is 12.1 Å². The number of nitrogens with zero attached hydrogens (tertiary/aromatic N) is 1. The summed E-state index contributed by atoms with van der Waals surface area (Å²) in [5.74, 6) is 0. The number of halogens is 3. The van der Waals surface area contributed by atoms with E-state index in [1.54, 1.807) is 11.9 Å². The Kier molecular flexibility index (Phi) is 8.10. The van der Waals surface area contributed by atoms with Crippen LogP contribution in [-0.2, 0) is 4.74 Å². The first-order valence-electron chi connectivity index (χ1n) is 5.07. The van der Waals surface area contributed by atoms with Gasteiger partial charge in [0.2, 0.25) is 0 Å². The summed E-state index contributed by atoms with van der Waals surface area (Å²) in [6, 6.07) is 0. The molecule has 0 amide bonds. The molecule has 0 saturated carbocycles. The maximum Gasteiger partial charge on any atom is 1.00 e. The fourth-order valence-electron chi connectivity index (χ4n) is 1.65. The predicted molar refractivity (Wildman–Crippen MR) is 54.7 cm³/mol. The molecule has 0 bridgehead atoms. The van der Waals surface area contributed by atoms with E-state index in [-0.39, 0.29) is 64.0 Å². The molecule has 1 aliphatic heterocycles. The molecule has 16 heavy (non-hydrogen) atoms. The standard InChI is InChI=1S/C9H16BF3NO.K/c1-8(10(11,12)13)6-14(2)7-9-4-3-5-15-9;/h9H,1,3-7H2,2H3;/q-1;+1. The monoisotopic (exact) mass is 261 g/mol. The molecule has 0 aromatic rings. The van der Waals surface area contributed by atoms with Gasteiger partial charge in [0.15, 0.2) is 0 Å². The molecule has 2 nitrogen and oxygen atoms in total. The Bertz CT molecular complexity index is 231. The van der Waals surface area contributed by atoms with E-state index in [0.29, 0.717) is 6.54 Å². The molecular weight excluding hydrogens is 245 g/mol. The van der Waals surface area contributed by atoms with E-state index in [1.807, 2.05) is 0 Å². The van der Waals surface area contributed by atoms with E-state index in [4.69, 9.17) is 4.74 Å². The summed E-state index contributed by atoms with van der Waals surface area (Å²) in [5.41, 5.74) is -0.643. The van der Waals surface area contributed by atoms with Gasteiger partial charge < -0.3 is 22.6 Å². The van der Waals surface area contributed by atoms with Crippen molar-refractivity contribution in [2.75, 3.05) is 26.7 Å². The number of hydrogen-bond acceptors (Lipinski definition) is 2. The van der Waals surface area contributed by atoms with Crippen LogP contribution >= 0.6 is 0 Å². The van der Waals surface area contributed by atoms with Crippen molar-refractivity contribution in [3.8, 4) is 0 Å². The van der Waals surface area contributed by atoms with Crippen LogP contribution in [0.15, 0.2) is 12.1 Å². The van der Waals surface area contributed by atoms with Crippen molar-refractivity contribution >= 4 is 6.98 Å². The number of ether oxygens (including phenoxy) is 1. The van der Waals surface area contributed by atoms with E-state index in [0.717, 1.165) is 19.4 Å². The Morgan fingerprint density at radius 1 is 1.50 bits per heavy atom. The second-order valence-electron chi connectivity index (χ2n) is 4.06. The van der Waals surface area contributed by atoms with Gasteiger partial charge in [-0.3, -0.25) is 0 Å². The van der Waals surface area contributed by atoms with Crippen LogP contribution in [0.1, 0.15) is 12.8 Å². The Morgan fingerprint density at radius 2 is 2.12 bits per heavy atom. The molecule has 0 spiro atoms. The van der Waals surface area contributed by atoms with Crippen molar-refractivity contribution in [1.29, 1.82) is 0 Å². The Balaban J connectivity index is 0.00000225. The average Bonchev–Trinajstić information content (AvgIpc) is 2.54. The summed E-state index contributed by atoms with van der Waals surface area (Å²) in [6.45, 7) is -0.692. The van der Waals surface area contributed by atoms with Gasteiger partial charge in [-0.05, 0) is 26.4 Å². The zero-order valence-electron chi connectivity index (χ0n) is 9.89. The van der Waals surface area contributed by atoms with E-state index in [2.05, 4.69) is 6.58 Å². The van der Waals surface area contributed by atoms with Crippen LogP contribution in [0.25, 0.3) is 0 Å². The van der Waals surface area contributed by atoms with Gasteiger partial charge in [0.05, 0.1) is 6.10 Å². The van der Waals surface area contributed by atoms with E-state index in [1.165, 1.54) is 0 Å². The summed E-state index contributed by atoms with van der Waals surface area (Å²) in [6.07, 6.45) is 2.03. The molecule has 1 rings (SSSR count). The Morgan fingerprint density at radius 3 is 2.56 bits per heavy atom. The predicted octanol–water partition coefficient (Wildman–Crippen LogP) is -0.956. The Hall–Kier alpha value is 1.15. The fourth-order valence-corrected chi connectivity index (χ4v) is 1.65. The smallest absolute Gasteiger partial charge is 0.445 e. The summed E-state index contributed by atoms with van der Waals surface area (Å²) >= 11 is 0. The van der Waals surface area contributed by atoms with Crippen molar-refractivity contribution < 1.29 is 69.1 Å². The Labute approximate surface area is 137 Å². The molecule has 7 heteroatoms. The second kappa shape index (κ2) is 7.56. The molecule has 0 radical (unpaired) electrons. The molecule has 0 aliphatic carbocycles. The van der Waals surface area contributed by atoms with Crippen molar-refractivity contribution in [2.45, 2.75) is 18.9 Å². The largest absolute Gasteiger partial charge is 1.00 e. The zero-order chi connectivity index (χ0) is 11.5. The first-order valence-corrected chi connectivity index (χ1v) is 5.07. The SMILES string of the molecule is C=C(CN(C)CC1CCCO1)[B-](F)(F)F.[K+]. The van der Waals surface area contributed by atoms with Crippen molar-refractivity contribution in [1.82, 2.24) is 4.90 Å². The molecule has 0 aromatic heterocycles. The molecule has 1 saturated heterocycles. The van der Waals surface area contributed by atoms with Gasteiger partial charge in [0, 0.05) is 13.2 Å². The van der Waals surface area contributed by atoms with Gasteiger partial charge in [-0.1, -0.05) is 0 Å². The first kappa shape index (κ1) is 17.2. The van der Waals surface area contributed by atoms with Crippen LogP contribution in [0.2, 0.25) is 0 Å². The van der Waals surface area contributed by atoms with Gasteiger partial charge in [0.25, 0.3) is 0 Å². The van der Waals surface area contributed by atoms with Gasteiger partial charge in [0.1, 0.15) is 0 Å². The third-order valence-electron chi connectivity index (χ3n) is 2.48. The molecule has 1 unspecified atom stereocenters. The number of hydrogen-bond donors (Lipinski definition) is 0. The number of likely N-dealkylation sites (N-methyl/N-ethyl adjacent to an activating group) is 1. The molecule has 0 aromatic carbocycles. The minimum Gasteiger partial charge on any atom is -0.445 e. The van der Waals surface area contributed by atoms with Crippen molar-refractivity contribution in [2.24, 2.45) is 0 Å². The molecule has 1 aliphatic rings. The maximum atomic E-state index is 12.2. The van der Waals surface area contributed by atoms with Crippen LogP contribution < -0.4 is 51.4 Å². The summed E-state index contributed by atoms with van der Waals surface area (Å²) in [7, 11) is 1.66. The van der Waals surface area contributed by atoms with E-state index in [9.17, 15) is 12.9 Å². The summed E-state index contributed by atoms with van der Waals surface area (Å²) in [5, 5.41) is 0. The van der Waals surface area contributed by atoms with Crippen molar-refractivity contribution in [3.63, 3.8) is 0 Å². The minimum atomic E-state index is -4.90. The first-order chi connectivity index (χ1) is 6.89. The molecule has 1 atom stereocenters. The summed E-state index contributed by atoms with van der Waals surface area (Å²) < 4.78 is 42.0. The molecule has 0 N–H and O–H groups in total. The van der Waals surface area contributed by atoms with Gasteiger partial charge >= 0.3 is 58.4 Å². The van der Waals surface area contributed by atoms with Crippen LogP contribution in [0.4, 0.5) is 12.9 Å². The number of rotatable bonds is 5. The normalized spacial score (nSPS) is 20.9. The topological polar surface area (TPSA) is 12.5 Å². The van der Waals surface area contributed by atoms with Crippen LogP contribution in [-0.4, -0.2) is 44.7 Å². The minimum absolute atomic E-state index is 0.